The van der Waals surface area contributed by atoms with Crippen molar-refractivity contribution in [2.75, 3.05) is 29.9 Å². The Kier molecular flexibility index (Phi) is 6.97. The van der Waals surface area contributed by atoms with Gasteiger partial charge in [0.05, 0.1) is 11.8 Å². The molecule has 2 aromatic rings. The van der Waals surface area contributed by atoms with Gasteiger partial charge in [0.15, 0.2) is 5.13 Å². The predicted molar refractivity (Wildman–Crippen MR) is 141 cm³/mol. The number of aliphatic hydroxyl groups is 1. The second-order valence-corrected chi connectivity index (χ2v) is 13.0. The normalized spacial score (nSPS) is 31.9. The molecule has 6 unspecified atom stereocenters. The molecule has 184 valence electrons. The number of hydrogen-bond donors (Lipinski definition) is 2. The van der Waals surface area contributed by atoms with Crippen molar-refractivity contribution in [2.45, 2.75) is 58.6 Å². The zero-order chi connectivity index (χ0) is 23.9. The molecule has 2 aliphatic carbocycles. The molecule has 1 amide bonds. The molecule has 7 heteroatoms. The van der Waals surface area contributed by atoms with Crippen LogP contribution < -0.4 is 5.32 Å². The first-order valence-corrected chi connectivity index (χ1v) is 14.7. The number of amides is 1. The SMILES string of the molecule is CC(C(=O)N1CCSCC1)C1CCC2(C)Cc3sc(NCc4ccccc4)nc3C(C)C2C1O. The van der Waals surface area contributed by atoms with E-state index in [1.807, 2.05) is 29.7 Å². The number of hydrogen-bond acceptors (Lipinski definition) is 6. The van der Waals surface area contributed by atoms with Crippen LogP contribution in [0.2, 0.25) is 0 Å². The number of carbonyl (C=O) groups excluding carboxylic acids is 1. The monoisotopic (exact) mass is 499 g/mol. The van der Waals surface area contributed by atoms with E-state index in [0.717, 1.165) is 61.2 Å². The van der Waals surface area contributed by atoms with Gasteiger partial charge in [-0.15, -0.1) is 11.3 Å². The van der Waals surface area contributed by atoms with Crippen molar-refractivity contribution in [1.82, 2.24) is 9.88 Å². The lowest BCUT2D eigenvalue weighted by atomic mass is 9.53. The lowest BCUT2D eigenvalue weighted by molar-refractivity contribution is -0.144. The Morgan fingerprint density at radius 1 is 1.29 bits per heavy atom. The van der Waals surface area contributed by atoms with Crippen molar-refractivity contribution in [3.63, 3.8) is 0 Å². The maximum atomic E-state index is 13.2. The molecule has 5 rings (SSSR count). The molecule has 0 spiro atoms. The summed E-state index contributed by atoms with van der Waals surface area (Å²) in [5.41, 5.74) is 2.44. The molecule has 1 saturated carbocycles. The summed E-state index contributed by atoms with van der Waals surface area (Å²) >= 11 is 3.70. The van der Waals surface area contributed by atoms with Crippen LogP contribution in [0.15, 0.2) is 30.3 Å². The Labute approximate surface area is 211 Å². The summed E-state index contributed by atoms with van der Waals surface area (Å²) in [6.07, 6.45) is 2.48. The Hall–Kier alpha value is -1.57. The van der Waals surface area contributed by atoms with Gasteiger partial charge in [0.1, 0.15) is 0 Å². The second kappa shape index (κ2) is 9.82. The molecular weight excluding hydrogens is 462 g/mol. The van der Waals surface area contributed by atoms with Gasteiger partial charge in [0.25, 0.3) is 0 Å². The van der Waals surface area contributed by atoms with Gasteiger partial charge in [-0.05, 0) is 42.1 Å². The molecule has 6 atom stereocenters. The fourth-order valence-electron chi connectivity index (χ4n) is 6.65. The van der Waals surface area contributed by atoms with E-state index in [1.165, 1.54) is 10.4 Å². The van der Waals surface area contributed by atoms with E-state index < -0.39 is 6.10 Å². The van der Waals surface area contributed by atoms with Crippen LogP contribution in [0, 0.1) is 23.2 Å². The van der Waals surface area contributed by atoms with Crippen molar-refractivity contribution in [3.8, 4) is 0 Å². The van der Waals surface area contributed by atoms with Crippen molar-refractivity contribution >= 4 is 34.1 Å². The van der Waals surface area contributed by atoms with Crippen molar-refractivity contribution in [3.05, 3.63) is 46.5 Å². The van der Waals surface area contributed by atoms with Crippen LogP contribution in [-0.4, -0.2) is 51.6 Å². The summed E-state index contributed by atoms with van der Waals surface area (Å²) in [5.74, 6) is 2.50. The van der Waals surface area contributed by atoms with Gasteiger partial charge in [-0.1, -0.05) is 51.1 Å². The third-order valence-corrected chi connectivity index (χ3v) is 10.5. The Bertz CT molecular complexity index is 1010. The fourth-order valence-corrected chi connectivity index (χ4v) is 8.81. The third-order valence-electron chi connectivity index (χ3n) is 8.56. The number of aromatic nitrogens is 1. The molecule has 1 aliphatic heterocycles. The lowest BCUT2D eigenvalue weighted by Gasteiger charge is -2.53. The number of anilines is 1. The summed E-state index contributed by atoms with van der Waals surface area (Å²) in [6, 6.07) is 10.4. The molecule has 2 N–H and O–H groups in total. The van der Waals surface area contributed by atoms with Crippen molar-refractivity contribution < 1.29 is 9.90 Å². The molecule has 0 bridgehead atoms. The standard InChI is InChI=1S/C27H37N3O2S2/c1-17(25(32)30-11-13-33-14-12-30)20-9-10-27(3)15-21-23(18(2)22(27)24(20)31)29-26(34-21)28-16-19-7-5-4-6-8-19/h4-8,17-18,20,22,24,31H,9-16H2,1-3H3,(H,28,29). The summed E-state index contributed by atoms with van der Waals surface area (Å²) in [4.78, 5) is 21.6. The number of thioether (sulfide) groups is 1. The highest BCUT2D eigenvalue weighted by molar-refractivity contribution is 7.99. The first kappa shape index (κ1) is 24.1. The number of thiazole rings is 1. The van der Waals surface area contributed by atoms with E-state index >= 15 is 0 Å². The topological polar surface area (TPSA) is 65.5 Å². The predicted octanol–water partition coefficient (Wildman–Crippen LogP) is 5.02. The van der Waals surface area contributed by atoms with E-state index in [0.29, 0.717) is 0 Å². The number of carbonyl (C=O) groups is 1. The summed E-state index contributed by atoms with van der Waals surface area (Å²) in [7, 11) is 0. The first-order valence-electron chi connectivity index (χ1n) is 12.7. The minimum atomic E-state index is -0.470. The molecular formula is C27H37N3O2S2. The van der Waals surface area contributed by atoms with Gasteiger partial charge in [-0.3, -0.25) is 4.79 Å². The average molecular weight is 500 g/mol. The number of rotatable bonds is 5. The Balaban J connectivity index is 1.32. The lowest BCUT2D eigenvalue weighted by Crippen LogP contribution is -2.54. The molecule has 2 fully saturated rings. The largest absolute Gasteiger partial charge is 0.392 e. The van der Waals surface area contributed by atoms with E-state index in [2.05, 4.69) is 43.4 Å². The summed E-state index contributed by atoms with van der Waals surface area (Å²) in [6.45, 7) is 9.09. The van der Waals surface area contributed by atoms with Gasteiger partial charge in [0, 0.05) is 47.9 Å². The van der Waals surface area contributed by atoms with Crippen LogP contribution in [-0.2, 0) is 17.8 Å². The zero-order valence-corrected chi connectivity index (χ0v) is 22.1. The molecule has 5 nitrogen and oxygen atoms in total. The number of nitrogens with zero attached hydrogens (tertiary/aromatic N) is 2. The van der Waals surface area contributed by atoms with Gasteiger partial charge in [0.2, 0.25) is 5.91 Å². The minimum absolute atomic E-state index is 0.0264. The van der Waals surface area contributed by atoms with E-state index in [-0.39, 0.29) is 35.0 Å². The van der Waals surface area contributed by atoms with Crippen LogP contribution >= 0.6 is 23.1 Å². The third kappa shape index (κ3) is 4.51. The molecule has 0 radical (unpaired) electrons. The highest BCUT2D eigenvalue weighted by Crippen LogP contribution is 2.57. The van der Waals surface area contributed by atoms with Gasteiger partial charge in [-0.2, -0.15) is 11.8 Å². The van der Waals surface area contributed by atoms with Crippen molar-refractivity contribution in [1.29, 1.82) is 0 Å². The Morgan fingerprint density at radius 3 is 2.76 bits per heavy atom. The van der Waals surface area contributed by atoms with E-state index in [4.69, 9.17) is 4.98 Å². The van der Waals surface area contributed by atoms with Crippen LogP contribution in [0.1, 0.15) is 55.7 Å². The first-order chi connectivity index (χ1) is 16.4. The Morgan fingerprint density at radius 2 is 2.03 bits per heavy atom. The quantitative estimate of drug-likeness (QED) is 0.605. The van der Waals surface area contributed by atoms with Crippen LogP contribution in [0.25, 0.3) is 0 Å². The average Bonchev–Trinajstić information content (AvgIpc) is 3.26. The van der Waals surface area contributed by atoms with Crippen molar-refractivity contribution in [2.24, 2.45) is 23.2 Å². The maximum Gasteiger partial charge on any atom is 0.225 e. The number of nitrogens with one attached hydrogen (secondary N) is 1. The maximum absolute atomic E-state index is 13.2. The number of aliphatic hydroxyl groups excluding tert-OH is 1. The fraction of sp³-hybridized carbons (Fsp3) is 0.630. The highest BCUT2D eigenvalue weighted by Gasteiger charge is 2.54. The van der Waals surface area contributed by atoms with Crippen LogP contribution in [0.5, 0.6) is 0 Å². The molecule has 1 aromatic carbocycles. The van der Waals surface area contributed by atoms with Gasteiger partial charge < -0.3 is 15.3 Å². The smallest absolute Gasteiger partial charge is 0.225 e. The van der Waals surface area contributed by atoms with E-state index in [1.54, 1.807) is 11.3 Å². The highest BCUT2D eigenvalue weighted by atomic mass is 32.2. The molecule has 2 heterocycles. The molecule has 1 saturated heterocycles. The summed E-state index contributed by atoms with van der Waals surface area (Å²) < 4.78 is 0. The minimum Gasteiger partial charge on any atom is -0.392 e. The molecule has 1 aromatic heterocycles. The zero-order valence-electron chi connectivity index (χ0n) is 20.5. The summed E-state index contributed by atoms with van der Waals surface area (Å²) in [5, 5.41) is 16.2. The number of fused-ring (bicyclic) bond motifs is 2. The van der Waals surface area contributed by atoms with Crippen LogP contribution in [0.3, 0.4) is 0 Å². The van der Waals surface area contributed by atoms with E-state index in [9.17, 15) is 9.90 Å². The molecule has 34 heavy (non-hydrogen) atoms. The van der Waals surface area contributed by atoms with Crippen LogP contribution in [0.4, 0.5) is 5.13 Å². The number of benzene rings is 1. The van der Waals surface area contributed by atoms with Gasteiger partial charge >= 0.3 is 0 Å². The van der Waals surface area contributed by atoms with Gasteiger partial charge in [-0.25, -0.2) is 4.98 Å². The molecule has 3 aliphatic rings. The second-order valence-electron chi connectivity index (χ2n) is 10.7.